The van der Waals surface area contributed by atoms with E-state index in [2.05, 4.69) is 21.1 Å². The summed E-state index contributed by atoms with van der Waals surface area (Å²) in [5.41, 5.74) is 7.37. The first-order valence-electron chi connectivity index (χ1n) is 3.90. The van der Waals surface area contributed by atoms with Crippen molar-refractivity contribution in [1.82, 2.24) is 0 Å². The van der Waals surface area contributed by atoms with Crippen LogP contribution in [0.1, 0.15) is 11.1 Å². The zero-order valence-electron chi connectivity index (χ0n) is 7.07. The molecule has 1 aromatic carbocycles. The van der Waals surface area contributed by atoms with E-state index in [1.807, 2.05) is 24.3 Å². The van der Waals surface area contributed by atoms with Crippen LogP contribution in [0.2, 0.25) is 0 Å². The molecule has 13 heavy (non-hydrogen) atoms. The van der Waals surface area contributed by atoms with Crippen LogP contribution in [0.4, 0.5) is 0 Å². The fraction of sp³-hybridized carbons (Fsp3) is 0.222. The second-order valence-electron chi connectivity index (χ2n) is 2.62. The smallest absolute Gasteiger partial charge is 0.170 e. The number of hydrogen-bond donors (Lipinski definition) is 2. The van der Waals surface area contributed by atoms with Gasteiger partial charge in [-0.3, -0.25) is 0 Å². The Balaban J connectivity index is 2.81. The molecule has 0 bridgehead atoms. The lowest BCUT2D eigenvalue weighted by Crippen LogP contribution is -2.12. The number of amidine groups is 1. The molecule has 1 aromatic rings. The third kappa shape index (κ3) is 2.73. The fourth-order valence-corrected chi connectivity index (χ4v) is 1.47. The van der Waals surface area contributed by atoms with Gasteiger partial charge in [-0.1, -0.05) is 45.4 Å². The first-order valence-corrected chi connectivity index (χ1v) is 5.03. The number of aryl methyl sites for hydroxylation is 1. The Morgan fingerprint density at radius 3 is 2.46 bits per heavy atom. The Labute approximate surface area is 85.4 Å². The molecule has 70 valence electrons. The number of oxime groups is 1. The van der Waals surface area contributed by atoms with Crippen LogP contribution in [0, 0.1) is 0 Å². The molecule has 3 nitrogen and oxygen atoms in total. The van der Waals surface area contributed by atoms with Crippen molar-refractivity contribution in [3.05, 3.63) is 35.4 Å². The maximum atomic E-state index is 8.42. The minimum absolute atomic E-state index is 0.144. The molecule has 0 spiro atoms. The monoisotopic (exact) mass is 242 g/mol. The summed E-state index contributed by atoms with van der Waals surface area (Å²) >= 11 is 3.36. The van der Waals surface area contributed by atoms with Crippen LogP contribution in [0.25, 0.3) is 0 Å². The van der Waals surface area contributed by atoms with Gasteiger partial charge < -0.3 is 10.9 Å². The standard InChI is InChI=1S/C9H11BrN2O/c10-6-5-7-1-3-8(4-2-7)9(11)12-13/h1-4,13H,5-6H2,(H2,11,12). The number of rotatable bonds is 3. The maximum Gasteiger partial charge on any atom is 0.170 e. The summed E-state index contributed by atoms with van der Waals surface area (Å²) in [6, 6.07) is 7.61. The molecule has 0 fully saturated rings. The largest absolute Gasteiger partial charge is 0.409 e. The second kappa shape index (κ2) is 4.87. The lowest BCUT2D eigenvalue weighted by Gasteiger charge is -2.00. The van der Waals surface area contributed by atoms with Gasteiger partial charge in [0, 0.05) is 10.9 Å². The molecule has 0 aliphatic heterocycles. The minimum Gasteiger partial charge on any atom is -0.409 e. The van der Waals surface area contributed by atoms with Crippen molar-refractivity contribution in [2.45, 2.75) is 6.42 Å². The van der Waals surface area contributed by atoms with Crippen molar-refractivity contribution < 1.29 is 5.21 Å². The summed E-state index contributed by atoms with van der Waals surface area (Å²) in [5.74, 6) is 0.144. The lowest BCUT2D eigenvalue weighted by atomic mass is 10.1. The molecule has 0 saturated heterocycles. The lowest BCUT2D eigenvalue weighted by molar-refractivity contribution is 0.318. The van der Waals surface area contributed by atoms with Gasteiger partial charge in [0.05, 0.1) is 0 Å². The van der Waals surface area contributed by atoms with Gasteiger partial charge in [-0.2, -0.15) is 0 Å². The number of halogens is 1. The summed E-state index contributed by atoms with van der Waals surface area (Å²) in [6.45, 7) is 0. The summed E-state index contributed by atoms with van der Waals surface area (Å²) in [6.07, 6.45) is 0.983. The maximum absolute atomic E-state index is 8.42. The van der Waals surface area contributed by atoms with Crippen molar-refractivity contribution in [2.75, 3.05) is 5.33 Å². The molecule has 0 aliphatic carbocycles. The molecule has 0 atom stereocenters. The Morgan fingerprint density at radius 2 is 2.00 bits per heavy atom. The van der Waals surface area contributed by atoms with Gasteiger partial charge in [-0.05, 0) is 12.0 Å². The van der Waals surface area contributed by atoms with Crippen LogP contribution in [-0.4, -0.2) is 16.4 Å². The van der Waals surface area contributed by atoms with E-state index >= 15 is 0 Å². The topological polar surface area (TPSA) is 58.6 Å². The van der Waals surface area contributed by atoms with Crippen molar-refractivity contribution in [3.63, 3.8) is 0 Å². The van der Waals surface area contributed by atoms with Crippen molar-refractivity contribution >= 4 is 21.8 Å². The molecule has 4 heteroatoms. The molecule has 0 amide bonds. The van der Waals surface area contributed by atoms with Gasteiger partial charge in [0.1, 0.15) is 0 Å². The highest BCUT2D eigenvalue weighted by atomic mass is 79.9. The number of hydrogen-bond acceptors (Lipinski definition) is 2. The number of alkyl halides is 1. The Kier molecular flexibility index (Phi) is 3.76. The third-order valence-corrected chi connectivity index (χ3v) is 2.14. The predicted octanol–water partition coefficient (Wildman–Crippen LogP) is 1.72. The SMILES string of the molecule is NC(=NO)c1ccc(CCBr)cc1. The molecule has 0 saturated carbocycles. The predicted molar refractivity (Wildman–Crippen MR) is 56.5 cm³/mol. The van der Waals surface area contributed by atoms with E-state index in [-0.39, 0.29) is 5.84 Å². The van der Waals surface area contributed by atoms with Crippen LogP contribution in [0.5, 0.6) is 0 Å². The van der Waals surface area contributed by atoms with Crippen molar-refractivity contribution in [2.24, 2.45) is 10.9 Å². The second-order valence-corrected chi connectivity index (χ2v) is 3.41. The van der Waals surface area contributed by atoms with Crippen LogP contribution in [0.15, 0.2) is 29.4 Å². The number of benzene rings is 1. The van der Waals surface area contributed by atoms with Crippen molar-refractivity contribution in [3.8, 4) is 0 Å². The summed E-state index contributed by atoms with van der Waals surface area (Å²) in [5, 5.41) is 12.3. The molecule has 3 N–H and O–H groups in total. The van der Waals surface area contributed by atoms with E-state index in [9.17, 15) is 0 Å². The van der Waals surface area contributed by atoms with Gasteiger partial charge in [0.15, 0.2) is 5.84 Å². The van der Waals surface area contributed by atoms with E-state index in [0.717, 1.165) is 17.3 Å². The van der Waals surface area contributed by atoms with Crippen LogP contribution in [0.3, 0.4) is 0 Å². The molecular weight excluding hydrogens is 232 g/mol. The highest BCUT2D eigenvalue weighted by molar-refractivity contribution is 9.09. The third-order valence-electron chi connectivity index (χ3n) is 1.74. The van der Waals surface area contributed by atoms with Crippen LogP contribution in [-0.2, 0) is 6.42 Å². The van der Waals surface area contributed by atoms with E-state index in [1.165, 1.54) is 5.56 Å². The Morgan fingerprint density at radius 1 is 1.38 bits per heavy atom. The first-order chi connectivity index (χ1) is 6.27. The molecule has 0 aromatic heterocycles. The molecule has 1 rings (SSSR count). The van der Waals surface area contributed by atoms with Gasteiger partial charge in [0.25, 0.3) is 0 Å². The van der Waals surface area contributed by atoms with E-state index in [1.54, 1.807) is 0 Å². The molecule has 0 unspecified atom stereocenters. The number of nitrogens with two attached hydrogens (primary N) is 1. The van der Waals surface area contributed by atoms with Crippen molar-refractivity contribution in [1.29, 1.82) is 0 Å². The average molecular weight is 243 g/mol. The number of nitrogens with zero attached hydrogens (tertiary/aromatic N) is 1. The van der Waals surface area contributed by atoms with E-state index in [0.29, 0.717) is 0 Å². The first kappa shape index (κ1) is 10.1. The summed E-state index contributed by atoms with van der Waals surface area (Å²) < 4.78 is 0. The van der Waals surface area contributed by atoms with Crippen LogP contribution >= 0.6 is 15.9 Å². The average Bonchev–Trinajstić information content (AvgIpc) is 2.18. The Bertz CT molecular complexity index is 295. The summed E-state index contributed by atoms with van der Waals surface area (Å²) in [7, 11) is 0. The van der Waals surface area contributed by atoms with Crippen LogP contribution < -0.4 is 5.73 Å². The fourth-order valence-electron chi connectivity index (χ4n) is 1.01. The van der Waals surface area contributed by atoms with Gasteiger partial charge in [0.2, 0.25) is 0 Å². The summed E-state index contributed by atoms with van der Waals surface area (Å²) in [4.78, 5) is 0. The highest BCUT2D eigenvalue weighted by Gasteiger charge is 1.98. The molecular formula is C9H11BrN2O. The molecule has 0 heterocycles. The zero-order valence-corrected chi connectivity index (χ0v) is 8.66. The van der Waals surface area contributed by atoms with E-state index in [4.69, 9.17) is 10.9 Å². The highest BCUT2D eigenvalue weighted by Crippen LogP contribution is 2.05. The van der Waals surface area contributed by atoms with E-state index < -0.39 is 0 Å². The van der Waals surface area contributed by atoms with Gasteiger partial charge >= 0.3 is 0 Å². The molecule has 0 aliphatic rings. The van der Waals surface area contributed by atoms with Gasteiger partial charge in [-0.15, -0.1) is 0 Å². The Hall–Kier alpha value is -1.03. The molecule has 0 radical (unpaired) electrons. The quantitative estimate of drug-likeness (QED) is 0.279. The zero-order chi connectivity index (χ0) is 9.68. The van der Waals surface area contributed by atoms with Gasteiger partial charge in [-0.25, -0.2) is 0 Å². The normalized spacial score (nSPS) is 11.6. The minimum atomic E-state index is 0.144.